The molecule has 0 bridgehead atoms. The predicted octanol–water partition coefficient (Wildman–Crippen LogP) is 4.20. The number of hydrogen-bond donors (Lipinski definition) is 0. The van der Waals surface area contributed by atoms with Crippen LogP contribution in [0.15, 0.2) is 77.7 Å². The molecular weight excluding hydrogens is 467 g/mol. The Morgan fingerprint density at radius 2 is 1.64 bits per heavy atom. The number of carbonyl (C=O) groups is 1. The molecule has 0 radical (unpaired) electrons. The minimum Gasteiger partial charge on any atom is -0.489 e. The summed E-state index contributed by atoms with van der Waals surface area (Å²) in [5, 5.41) is 0.174. The summed E-state index contributed by atoms with van der Waals surface area (Å²) in [5.74, 6) is 0.00763. The van der Waals surface area contributed by atoms with Crippen LogP contribution in [0.4, 0.5) is 4.39 Å². The molecule has 3 aromatic carbocycles. The number of amides is 1. The van der Waals surface area contributed by atoms with E-state index < -0.39 is 10.0 Å². The van der Waals surface area contributed by atoms with Crippen molar-refractivity contribution in [1.29, 1.82) is 0 Å². The molecule has 0 N–H and O–H groups in total. The smallest absolute Gasteiger partial charge is 0.254 e. The third-order valence-electron chi connectivity index (χ3n) is 5.38. The number of sulfonamides is 1. The van der Waals surface area contributed by atoms with Gasteiger partial charge < -0.3 is 9.64 Å². The number of piperazine rings is 1. The first-order valence-electron chi connectivity index (χ1n) is 10.4. The first-order valence-corrected chi connectivity index (χ1v) is 12.2. The highest BCUT2D eigenvalue weighted by molar-refractivity contribution is 7.89. The van der Waals surface area contributed by atoms with Gasteiger partial charge in [-0.05, 0) is 48.0 Å². The SMILES string of the molecule is O=C(c1cccc(OCc2ccc(F)cc2)c1)N1CCN(S(=O)(=O)c2ccccc2Cl)CC1. The van der Waals surface area contributed by atoms with Crippen molar-refractivity contribution in [1.82, 2.24) is 9.21 Å². The highest BCUT2D eigenvalue weighted by atomic mass is 35.5. The van der Waals surface area contributed by atoms with Gasteiger partial charge in [-0.15, -0.1) is 0 Å². The summed E-state index contributed by atoms with van der Waals surface area (Å²) < 4.78 is 45.9. The van der Waals surface area contributed by atoms with Crippen LogP contribution in [0.25, 0.3) is 0 Å². The molecule has 0 atom stereocenters. The van der Waals surface area contributed by atoms with E-state index >= 15 is 0 Å². The average molecular weight is 489 g/mol. The van der Waals surface area contributed by atoms with Crippen molar-refractivity contribution in [3.63, 3.8) is 0 Å². The molecule has 1 fully saturated rings. The van der Waals surface area contributed by atoms with E-state index in [4.69, 9.17) is 16.3 Å². The zero-order valence-corrected chi connectivity index (χ0v) is 19.2. The van der Waals surface area contributed by atoms with Crippen LogP contribution < -0.4 is 4.74 Å². The van der Waals surface area contributed by atoms with Gasteiger partial charge in [0.2, 0.25) is 10.0 Å². The third-order valence-corrected chi connectivity index (χ3v) is 7.78. The summed E-state index contributed by atoms with van der Waals surface area (Å²) in [6.07, 6.45) is 0. The van der Waals surface area contributed by atoms with Crippen molar-refractivity contribution in [3.05, 3.63) is 94.8 Å². The van der Waals surface area contributed by atoms with Crippen LogP contribution in [0.1, 0.15) is 15.9 Å². The van der Waals surface area contributed by atoms with Gasteiger partial charge in [-0.25, -0.2) is 12.8 Å². The quantitative estimate of drug-likeness (QED) is 0.521. The van der Waals surface area contributed by atoms with Gasteiger partial charge in [-0.2, -0.15) is 4.31 Å². The van der Waals surface area contributed by atoms with E-state index in [0.717, 1.165) is 5.56 Å². The first kappa shape index (κ1) is 23.2. The van der Waals surface area contributed by atoms with Gasteiger partial charge in [-0.3, -0.25) is 4.79 Å². The van der Waals surface area contributed by atoms with E-state index in [-0.39, 0.29) is 54.4 Å². The highest BCUT2D eigenvalue weighted by Crippen LogP contribution is 2.25. The number of benzene rings is 3. The van der Waals surface area contributed by atoms with Crippen molar-refractivity contribution in [2.45, 2.75) is 11.5 Å². The Balaban J connectivity index is 1.38. The molecule has 33 heavy (non-hydrogen) atoms. The van der Waals surface area contributed by atoms with Crippen molar-refractivity contribution in [2.24, 2.45) is 0 Å². The van der Waals surface area contributed by atoms with E-state index in [9.17, 15) is 17.6 Å². The maximum Gasteiger partial charge on any atom is 0.254 e. The number of carbonyl (C=O) groups excluding carboxylic acids is 1. The molecule has 0 aromatic heterocycles. The fourth-order valence-electron chi connectivity index (χ4n) is 3.57. The van der Waals surface area contributed by atoms with Crippen molar-refractivity contribution >= 4 is 27.5 Å². The van der Waals surface area contributed by atoms with E-state index in [1.807, 2.05) is 0 Å². The second kappa shape index (κ2) is 9.91. The summed E-state index contributed by atoms with van der Waals surface area (Å²) in [4.78, 5) is 14.7. The molecule has 172 valence electrons. The molecule has 1 heterocycles. The molecule has 0 unspecified atom stereocenters. The van der Waals surface area contributed by atoms with Crippen molar-refractivity contribution in [2.75, 3.05) is 26.2 Å². The zero-order valence-electron chi connectivity index (χ0n) is 17.7. The molecule has 4 rings (SSSR count). The highest BCUT2D eigenvalue weighted by Gasteiger charge is 2.31. The van der Waals surface area contributed by atoms with Gasteiger partial charge in [0.15, 0.2) is 0 Å². The third kappa shape index (κ3) is 5.35. The van der Waals surface area contributed by atoms with E-state index in [1.54, 1.807) is 59.5 Å². The molecule has 0 saturated carbocycles. The standard InChI is InChI=1S/C24H22ClFN2O4S/c25-22-6-1-2-7-23(22)33(30,31)28-14-12-27(13-15-28)24(29)19-4-3-5-21(16-19)32-17-18-8-10-20(26)11-9-18/h1-11,16H,12-15,17H2. The Hall–Kier alpha value is -2.94. The fourth-order valence-corrected chi connectivity index (χ4v) is 5.49. The Kier molecular flexibility index (Phi) is 6.97. The molecule has 1 aliphatic rings. The van der Waals surface area contributed by atoms with Crippen LogP contribution in [-0.4, -0.2) is 49.7 Å². The lowest BCUT2D eigenvalue weighted by molar-refractivity contribution is 0.0697. The second-order valence-corrected chi connectivity index (χ2v) is 9.88. The van der Waals surface area contributed by atoms with Crippen LogP contribution in [-0.2, 0) is 16.6 Å². The number of halogens is 2. The minimum absolute atomic E-state index is 0.0671. The lowest BCUT2D eigenvalue weighted by Crippen LogP contribution is -2.50. The van der Waals surface area contributed by atoms with Gasteiger partial charge >= 0.3 is 0 Å². The van der Waals surface area contributed by atoms with E-state index in [0.29, 0.717) is 11.3 Å². The lowest BCUT2D eigenvalue weighted by Gasteiger charge is -2.34. The topological polar surface area (TPSA) is 66.9 Å². The number of rotatable bonds is 6. The summed E-state index contributed by atoms with van der Waals surface area (Å²) in [6.45, 7) is 1.14. The van der Waals surface area contributed by atoms with Crippen molar-refractivity contribution in [3.8, 4) is 5.75 Å². The molecule has 9 heteroatoms. The Labute approximate surface area is 197 Å². The van der Waals surface area contributed by atoms with Crippen molar-refractivity contribution < 1.29 is 22.3 Å². The Bertz CT molecular complexity index is 1240. The molecular formula is C24H22ClFN2O4S. The fraction of sp³-hybridized carbons (Fsp3) is 0.208. The lowest BCUT2D eigenvalue weighted by atomic mass is 10.1. The molecule has 0 spiro atoms. The molecule has 3 aromatic rings. The van der Waals surface area contributed by atoms with Crippen LogP contribution in [0, 0.1) is 5.82 Å². The summed E-state index contributed by atoms with van der Waals surface area (Å²) in [7, 11) is -3.73. The van der Waals surface area contributed by atoms with Crippen LogP contribution in [0.2, 0.25) is 5.02 Å². The summed E-state index contributed by atoms with van der Waals surface area (Å²) in [6, 6.07) is 19.2. The normalized spacial score (nSPS) is 14.8. The molecule has 0 aliphatic carbocycles. The van der Waals surface area contributed by atoms with E-state index in [2.05, 4.69) is 0 Å². The van der Waals surface area contributed by atoms with Gasteiger partial charge in [0.25, 0.3) is 5.91 Å². The molecule has 1 saturated heterocycles. The summed E-state index contributed by atoms with van der Waals surface area (Å²) >= 11 is 6.07. The second-order valence-electron chi connectivity index (χ2n) is 7.57. The minimum atomic E-state index is -3.73. The number of nitrogens with zero attached hydrogens (tertiary/aromatic N) is 2. The average Bonchev–Trinajstić information content (AvgIpc) is 2.83. The van der Waals surface area contributed by atoms with Gasteiger partial charge in [0.1, 0.15) is 23.1 Å². The number of hydrogen-bond acceptors (Lipinski definition) is 4. The van der Waals surface area contributed by atoms with Crippen LogP contribution in [0.5, 0.6) is 5.75 Å². The molecule has 1 aliphatic heterocycles. The van der Waals surface area contributed by atoms with Gasteiger partial charge in [0.05, 0.1) is 5.02 Å². The predicted molar refractivity (Wildman–Crippen MR) is 123 cm³/mol. The zero-order chi connectivity index (χ0) is 23.4. The summed E-state index contributed by atoms with van der Waals surface area (Å²) in [5.41, 5.74) is 1.26. The Morgan fingerprint density at radius 3 is 2.33 bits per heavy atom. The van der Waals surface area contributed by atoms with Crippen LogP contribution >= 0.6 is 11.6 Å². The van der Waals surface area contributed by atoms with Gasteiger partial charge in [-0.1, -0.05) is 41.9 Å². The molecule has 6 nitrogen and oxygen atoms in total. The maximum absolute atomic E-state index is 13.0. The largest absolute Gasteiger partial charge is 0.489 e. The first-order chi connectivity index (χ1) is 15.8. The number of ether oxygens (including phenoxy) is 1. The van der Waals surface area contributed by atoms with E-state index in [1.165, 1.54) is 22.5 Å². The van der Waals surface area contributed by atoms with Crippen LogP contribution in [0.3, 0.4) is 0 Å². The Morgan fingerprint density at radius 1 is 0.939 bits per heavy atom. The van der Waals surface area contributed by atoms with Gasteiger partial charge in [0, 0.05) is 31.7 Å². The monoisotopic (exact) mass is 488 g/mol. The molecule has 1 amide bonds. The maximum atomic E-state index is 13.0.